The second kappa shape index (κ2) is 4.57. The van der Waals surface area contributed by atoms with Gasteiger partial charge in [-0.05, 0) is 24.1 Å². The van der Waals surface area contributed by atoms with Crippen LogP contribution in [-0.2, 0) is 6.42 Å². The van der Waals surface area contributed by atoms with Crippen LogP contribution in [0.25, 0.3) is 6.08 Å². The molecule has 1 heterocycles. The first-order valence-corrected chi connectivity index (χ1v) is 5.60. The van der Waals surface area contributed by atoms with Gasteiger partial charge >= 0.3 is 6.02 Å². The van der Waals surface area contributed by atoms with Crippen molar-refractivity contribution in [2.45, 2.75) is 12.8 Å². The van der Waals surface area contributed by atoms with Crippen molar-refractivity contribution in [2.24, 2.45) is 0 Å². The minimum atomic E-state index is 0.705. The van der Waals surface area contributed by atoms with E-state index in [1.54, 1.807) is 0 Å². The largest absolute Gasteiger partial charge is 0.471 e. The fourth-order valence-electron chi connectivity index (χ4n) is 1.77. The highest BCUT2D eigenvalue weighted by Crippen LogP contribution is 2.15. The van der Waals surface area contributed by atoms with Gasteiger partial charge in [-0.2, -0.15) is 0 Å². The normalized spacial score (nSPS) is 13.2. The number of rotatable bonds is 1. The molecule has 0 saturated carbocycles. The molecule has 1 aromatic heterocycles. The summed E-state index contributed by atoms with van der Waals surface area (Å²) in [5, 5.41) is 8.14. The molecule has 0 amide bonds. The lowest BCUT2D eigenvalue weighted by atomic mass is 10.1. The lowest BCUT2D eigenvalue weighted by Gasteiger charge is -2.11. The van der Waals surface area contributed by atoms with Crippen LogP contribution < -0.4 is 4.84 Å². The highest BCUT2D eigenvalue weighted by atomic mass is 16.7. The maximum atomic E-state index is 5.74. The molecule has 0 aromatic carbocycles. The van der Waals surface area contributed by atoms with E-state index in [1.165, 1.54) is 4.85 Å². The molecular formula is C11H18N5O+. The summed E-state index contributed by atoms with van der Waals surface area (Å²) in [6, 6.07) is 0.705. The zero-order valence-electron chi connectivity index (χ0n) is 10.7. The van der Waals surface area contributed by atoms with Crippen LogP contribution in [0.15, 0.2) is 6.08 Å². The van der Waals surface area contributed by atoms with Crippen LogP contribution in [0.2, 0.25) is 0 Å². The van der Waals surface area contributed by atoms with Crippen LogP contribution in [-0.4, -0.2) is 58.8 Å². The van der Waals surface area contributed by atoms with Gasteiger partial charge in [0.05, 0.1) is 33.9 Å². The van der Waals surface area contributed by atoms with Gasteiger partial charge in [0.1, 0.15) is 5.69 Å². The Hall–Kier alpha value is -1.85. The van der Waals surface area contributed by atoms with Crippen molar-refractivity contribution < 1.29 is 9.41 Å². The molecule has 1 aliphatic carbocycles. The molecule has 0 radical (unpaired) electrons. The molecule has 6 heteroatoms. The zero-order valence-corrected chi connectivity index (χ0v) is 10.7. The average Bonchev–Trinajstić information content (AvgIpc) is 2.68. The topological polar surface area (TPSA) is 46.2 Å². The van der Waals surface area contributed by atoms with Gasteiger partial charge in [-0.15, -0.1) is 5.10 Å². The van der Waals surface area contributed by atoms with Crippen molar-refractivity contribution in [1.82, 2.24) is 20.1 Å². The first-order valence-electron chi connectivity index (χ1n) is 5.60. The number of fused-ring (bicyclic) bond motifs is 1. The predicted molar refractivity (Wildman–Crippen MR) is 64.8 cm³/mol. The van der Waals surface area contributed by atoms with E-state index in [9.17, 15) is 0 Å². The van der Waals surface area contributed by atoms with Crippen molar-refractivity contribution in [3.05, 3.63) is 17.5 Å². The van der Waals surface area contributed by atoms with E-state index in [1.807, 2.05) is 43.7 Å². The molecule has 17 heavy (non-hydrogen) atoms. The number of aromatic nitrogens is 3. The maximum Gasteiger partial charge on any atom is 0.471 e. The molecule has 0 saturated heterocycles. The smallest absolute Gasteiger partial charge is 0.278 e. The van der Waals surface area contributed by atoms with Crippen LogP contribution in [0, 0.1) is 0 Å². The lowest BCUT2D eigenvalue weighted by Crippen LogP contribution is -2.39. The van der Waals surface area contributed by atoms with Crippen LogP contribution in [0.1, 0.15) is 17.8 Å². The molecule has 0 fully saturated rings. The number of allylic oxidation sites excluding steroid dienone is 1. The number of nitrogens with zero attached hydrogens (tertiary/aromatic N) is 5. The molecule has 0 bridgehead atoms. The van der Waals surface area contributed by atoms with Crippen molar-refractivity contribution >= 4 is 12.1 Å². The van der Waals surface area contributed by atoms with Crippen molar-refractivity contribution in [3.8, 4) is 0 Å². The monoisotopic (exact) mass is 236 g/mol. The molecule has 1 aromatic rings. The van der Waals surface area contributed by atoms with Crippen molar-refractivity contribution in [1.29, 1.82) is 0 Å². The van der Waals surface area contributed by atoms with E-state index in [0.29, 0.717) is 6.02 Å². The number of amidine groups is 1. The van der Waals surface area contributed by atoms with Gasteiger partial charge in [-0.3, -0.25) is 4.84 Å². The predicted octanol–water partition coefficient (Wildman–Crippen LogP) is -0.144. The van der Waals surface area contributed by atoms with E-state index in [-0.39, 0.29) is 0 Å². The molecule has 0 unspecified atom stereocenters. The van der Waals surface area contributed by atoms with Crippen molar-refractivity contribution in [2.75, 3.05) is 28.2 Å². The lowest BCUT2D eigenvalue weighted by molar-refractivity contribution is -0.480. The summed E-state index contributed by atoms with van der Waals surface area (Å²) in [4.78, 5) is 9.10. The SMILES string of the molecule is CN(C)C(On1nnc2c1C=CCC2)=[N+](C)C. The summed E-state index contributed by atoms with van der Waals surface area (Å²) in [5.41, 5.74) is 1.92. The van der Waals surface area contributed by atoms with Gasteiger partial charge in [0, 0.05) is 0 Å². The first-order chi connectivity index (χ1) is 8.09. The summed E-state index contributed by atoms with van der Waals surface area (Å²) >= 11 is 0. The molecule has 1 aliphatic rings. The number of hydrogen-bond donors (Lipinski definition) is 0. The molecular weight excluding hydrogens is 218 g/mol. The van der Waals surface area contributed by atoms with Gasteiger partial charge in [0.15, 0.2) is 0 Å². The fourth-order valence-corrected chi connectivity index (χ4v) is 1.77. The minimum Gasteiger partial charge on any atom is -0.278 e. The summed E-state index contributed by atoms with van der Waals surface area (Å²) < 4.78 is 1.89. The molecule has 2 rings (SSSR count). The number of aryl methyl sites for hydroxylation is 1. The third-order valence-corrected chi connectivity index (χ3v) is 2.51. The zero-order chi connectivity index (χ0) is 12.4. The Bertz CT molecular complexity index is 468. The molecule has 0 spiro atoms. The van der Waals surface area contributed by atoms with E-state index >= 15 is 0 Å². The molecule has 0 aliphatic heterocycles. The molecule has 6 nitrogen and oxygen atoms in total. The van der Waals surface area contributed by atoms with Crippen LogP contribution >= 0.6 is 0 Å². The second-order valence-corrected chi connectivity index (χ2v) is 4.40. The second-order valence-electron chi connectivity index (χ2n) is 4.40. The van der Waals surface area contributed by atoms with E-state index in [4.69, 9.17) is 4.84 Å². The summed E-state index contributed by atoms with van der Waals surface area (Å²) in [6.07, 6.45) is 6.05. The average molecular weight is 236 g/mol. The van der Waals surface area contributed by atoms with Gasteiger partial charge in [-0.25, -0.2) is 9.48 Å². The van der Waals surface area contributed by atoms with E-state index < -0.39 is 0 Å². The summed E-state index contributed by atoms with van der Waals surface area (Å²) in [7, 11) is 7.70. The van der Waals surface area contributed by atoms with Gasteiger partial charge in [0.25, 0.3) is 0 Å². The standard InChI is InChI=1S/C11H18N5O/c1-14(2)11(15(3)4)17-16-10-8-6-5-7-9(10)12-13-16/h6,8H,5,7H2,1-4H3/q+1. The Morgan fingerprint density at radius 3 is 2.88 bits per heavy atom. The highest BCUT2D eigenvalue weighted by molar-refractivity contribution is 5.68. The van der Waals surface area contributed by atoms with Crippen LogP contribution in [0.5, 0.6) is 0 Å². The third kappa shape index (κ3) is 2.30. The Morgan fingerprint density at radius 1 is 1.47 bits per heavy atom. The Balaban J connectivity index is 2.28. The maximum absolute atomic E-state index is 5.74. The summed E-state index contributed by atoms with van der Waals surface area (Å²) in [6.45, 7) is 0. The fraction of sp³-hybridized carbons (Fsp3) is 0.545. The number of hydrogen-bond acceptors (Lipinski definition) is 3. The van der Waals surface area contributed by atoms with Crippen LogP contribution in [0.3, 0.4) is 0 Å². The minimum absolute atomic E-state index is 0.705. The Kier molecular flexibility index (Phi) is 3.12. The Labute approximate surface area is 101 Å². The molecule has 0 N–H and O–H groups in total. The molecule has 92 valence electrons. The van der Waals surface area contributed by atoms with Crippen molar-refractivity contribution in [3.63, 3.8) is 0 Å². The van der Waals surface area contributed by atoms with Gasteiger partial charge in [0.2, 0.25) is 0 Å². The van der Waals surface area contributed by atoms with Gasteiger partial charge in [-0.1, -0.05) is 10.9 Å². The summed E-state index contributed by atoms with van der Waals surface area (Å²) in [5.74, 6) is 0. The van der Waals surface area contributed by atoms with Gasteiger partial charge < -0.3 is 0 Å². The van der Waals surface area contributed by atoms with E-state index in [0.717, 1.165) is 24.2 Å². The Morgan fingerprint density at radius 2 is 2.24 bits per heavy atom. The highest BCUT2D eigenvalue weighted by Gasteiger charge is 2.20. The first kappa shape index (κ1) is 11.6. The van der Waals surface area contributed by atoms with Crippen LogP contribution in [0.4, 0.5) is 0 Å². The quantitative estimate of drug-likeness (QED) is 0.387. The van der Waals surface area contributed by atoms with E-state index in [2.05, 4.69) is 16.4 Å². The molecule has 0 atom stereocenters. The third-order valence-electron chi connectivity index (χ3n) is 2.51.